The van der Waals surface area contributed by atoms with Gasteiger partial charge in [-0.05, 0) is 24.3 Å². The lowest BCUT2D eigenvalue weighted by Crippen LogP contribution is -2.27. The predicted octanol–water partition coefficient (Wildman–Crippen LogP) is 3.02. The van der Waals surface area contributed by atoms with Gasteiger partial charge in [-0.15, -0.1) is 0 Å². The van der Waals surface area contributed by atoms with Gasteiger partial charge in [-0.2, -0.15) is 0 Å². The van der Waals surface area contributed by atoms with Gasteiger partial charge in [0.15, 0.2) is 11.5 Å². The summed E-state index contributed by atoms with van der Waals surface area (Å²) < 4.78 is 5.94. The van der Waals surface area contributed by atoms with Crippen molar-refractivity contribution in [2.75, 3.05) is 13.3 Å². The van der Waals surface area contributed by atoms with Crippen molar-refractivity contribution in [3.8, 4) is 11.5 Å². The van der Waals surface area contributed by atoms with Crippen LogP contribution < -0.4 is 15.3 Å². The predicted molar refractivity (Wildman–Crippen MR) is 71.0 cm³/mol. The maximum absolute atomic E-state index is 5.94. The largest absolute Gasteiger partial charge is 0.449 e. The third kappa shape index (κ3) is 1.28. The molecule has 80 valence electrons. The molecule has 0 spiro atoms. The maximum atomic E-state index is 5.94. The first-order valence-corrected chi connectivity index (χ1v) is 8.09. The van der Waals surface area contributed by atoms with Gasteiger partial charge in [-0.3, -0.25) is 0 Å². The molecule has 0 bridgehead atoms. The molecule has 2 heteroatoms. The van der Waals surface area contributed by atoms with Crippen LogP contribution in [-0.2, 0) is 0 Å². The van der Waals surface area contributed by atoms with Crippen molar-refractivity contribution in [2.45, 2.75) is 0 Å². The Morgan fingerprint density at radius 2 is 1.19 bits per heavy atom. The molecule has 0 aromatic heterocycles. The van der Waals surface area contributed by atoms with Crippen molar-refractivity contribution in [1.82, 2.24) is 0 Å². The van der Waals surface area contributed by atoms with Crippen molar-refractivity contribution in [2.24, 2.45) is 0 Å². The molecule has 0 saturated heterocycles. The van der Waals surface area contributed by atoms with Crippen LogP contribution in [0.5, 0.6) is 11.5 Å². The van der Waals surface area contributed by atoms with Gasteiger partial charge < -0.3 is 4.74 Å². The number of hydrogen-bond donors (Lipinski definition) is 0. The summed E-state index contributed by atoms with van der Waals surface area (Å²) in [5.41, 5.74) is 0. The molecule has 16 heavy (non-hydrogen) atoms. The Balaban J connectivity index is 2.28. The average molecular weight is 229 g/mol. The molecular formula is C14H14OP+. The van der Waals surface area contributed by atoms with Gasteiger partial charge >= 0.3 is 0 Å². The third-order valence-electron chi connectivity index (χ3n) is 3.15. The van der Waals surface area contributed by atoms with Crippen LogP contribution in [0.25, 0.3) is 0 Å². The van der Waals surface area contributed by atoms with E-state index in [2.05, 4.69) is 49.7 Å². The van der Waals surface area contributed by atoms with Gasteiger partial charge in [0, 0.05) is 0 Å². The summed E-state index contributed by atoms with van der Waals surface area (Å²) in [7, 11) is -1.24. The number of ether oxygens (including phenoxy) is 1. The van der Waals surface area contributed by atoms with E-state index in [1.165, 1.54) is 10.6 Å². The zero-order valence-electron chi connectivity index (χ0n) is 9.47. The molecule has 0 saturated carbocycles. The van der Waals surface area contributed by atoms with Crippen LogP contribution in [0.4, 0.5) is 0 Å². The Bertz CT molecular complexity index is 498. The maximum Gasteiger partial charge on any atom is 0.169 e. The number of benzene rings is 2. The molecule has 2 aromatic carbocycles. The molecule has 1 nitrogen and oxygen atoms in total. The van der Waals surface area contributed by atoms with Crippen molar-refractivity contribution in [3.05, 3.63) is 48.5 Å². The summed E-state index contributed by atoms with van der Waals surface area (Å²) in [6.07, 6.45) is 0. The van der Waals surface area contributed by atoms with Gasteiger partial charge in [0.05, 0.1) is 20.6 Å². The molecule has 0 atom stereocenters. The van der Waals surface area contributed by atoms with E-state index in [9.17, 15) is 0 Å². The highest BCUT2D eigenvalue weighted by molar-refractivity contribution is 7.88. The number of para-hydroxylation sites is 2. The van der Waals surface area contributed by atoms with Crippen LogP contribution >= 0.6 is 7.26 Å². The van der Waals surface area contributed by atoms with E-state index in [-0.39, 0.29) is 0 Å². The van der Waals surface area contributed by atoms with E-state index in [4.69, 9.17) is 4.74 Å². The molecule has 0 amide bonds. The Hall–Kier alpha value is -1.33. The molecule has 3 rings (SSSR count). The van der Waals surface area contributed by atoms with Crippen LogP contribution in [0.15, 0.2) is 48.5 Å². The van der Waals surface area contributed by atoms with E-state index < -0.39 is 7.26 Å². The summed E-state index contributed by atoms with van der Waals surface area (Å²) in [5, 5.41) is 2.74. The minimum atomic E-state index is -1.24. The first-order chi connectivity index (χ1) is 7.69. The average Bonchev–Trinajstić information content (AvgIpc) is 2.29. The molecule has 2 aromatic rings. The molecule has 0 unspecified atom stereocenters. The van der Waals surface area contributed by atoms with Gasteiger partial charge in [0.25, 0.3) is 0 Å². The fourth-order valence-electron chi connectivity index (χ4n) is 2.26. The normalized spacial score (nSPS) is 15.9. The Morgan fingerprint density at radius 3 is 1.69 bits per heavy atom. The zero-order valence-corrected chi connectivity index (χ0v) is 10.4. The molecule has 1 heterocycles. The number of fused-ring (bicyclic) bond motifs is 2. The SMILES string of the molecule is C[P+]1(C)c2ccccc2Oc2ccccc21. The second-order valence-corrected chi connectivity index (χ2v) is 8.36. The molecule has 0 fully saturated rings. The lowest BCUT2D eigenvalue weighted by molar-refractivity contribution is 0.488. The van der Waals surface area contributed by atoms with E-state index in [1.807, 2.05) is 12.1 Å². The number of hydrogen-bond acceptors (Lipinski definition) is 1. The molecule has 0 radical (unpaired) electrons. The van der Waals surface area contributed by atoms with Gasteiger partial charge in [0.1, 0.15) is 10.6 Å². The smallest absolute Gasteiger partial charge is 0.169 e. The highest BCUT2D eigenvalue weighted by Crippen LogP contribution is 2.56. The van der Waals surface area contributed by atoms with Crippen LogP contribution in [-0.4, -0.2) is 13.3 Å². The molecule has 0 N–H and O–H groups in total. The van der Waals surface area contributed by atoms with E-state index in [0.717, 1.165) is 11.5 Å². The van der Waals surface area contributed by atoms with Crippen molar-refractivity contribution >= 4 is 17.9 Å². The molecular weight excluding hydrogens is 215 g/mol. The molecule has 1 aliphatic heterocycles. The minimum Gasteiger partial charge on any atom is -0.449 e. The fourth-order valence-corrected chi connectivity index (χ4v) is 4.78. The van der Waals surface area contributed by atoms with Crippen molar-refractivity contribution in [1.29, 1.82) is 0 Å². The second-order valence-electron chi connectivity index (χ2n) is 4.49. The first kappa shape index (κ1) is 9.86. The summed E-state index contributed by atoms with van der Waals surface area (Å²) in [6.45, 7) is 4.71. The summed E-state index contributed by atoms with van der Waals surface area (Å²) in [6, 6.07) is 16.8. The minimum absolute atomic E-state index is 1.03. The molecule has 1 aliphatic rings. The van der Waals surface area contributed by atoms with Crippen LogP contribution in [0.2, 0.25) is 0 Å². The zero-order chi connectivity index (χ0) is 11.2. The van der Waals surface area contributed by atoms with Crippen molar-refractivity contribution < 1.29 is 4.74 Å². The van der Waals surface area contributed by atoms with Crippen LogP contribution in [0, 0.1) is 0 Å². The van der Waals surface area contributed by atoms with Gasteiger partial charge in [0.2, 0.25) is 0 Å². The topological polar surface area (TPSA) is 9.23 Å². The van der Waals surface area contributed by atoms with Gasteiger partial charge in [-0.25, -0.2) is 0 Å². The third-order valence-corrected chi connectivity index (χ3v) is 6.30. The number of rotatable bonds is 0. The van der Waals surface area contributed by atoms with Crippen LogP contribution in [0.1, 0.15) is 0 Å². The van der Waals surface area contributed by atoms with E-state index in [1.54, 1.807) is 0 Å². The Kier molecular flexibility index (Phi) is 2.05. The van der Waals surface area contributed by atoms with Gasteiger partial charge in [-0.1, -0.05) is 24.3 Å². The summed E-state index contributed by atoms with van der Waals surface area (Å²) in [5.74, 6) is 2.05. The fraction of sp³-hybridized carbons (Fsp3) is 0.143. The highest BCUT2D eigenvalue weighted by atomic mass is 31.2. The highest BCUT2D eigenvalue weighted by Gasteiger charge is 2.41. The lowest BCUT2D eigenvalue weighted by atomic mass is 10.3. The summed E-state index contributed by atoms with van der Waals surface area (Å²) in [4.78, 5) is 0. The Morgan fingerprint density at radius 1 is 0.750 bits per heavy atom. The van der Waals surface area contributed by atoms with E-state index in [0.29, 0.717) is 0 Å². The lowest BCUT2D eigenvalue weighted by Gasteiger charge is -2.27. The quantitative estimate of drug-likeness (QED) is 0.631. The monoisotopic (exact) mass is 229 g/mol. The Labute approximate surface area is 96.4 Å². The summed E-state index contributed by atoms with van der Waals surface area (Å²) >= 11 is 0. The first-order valence-electron chi connectivity index (χ1n) is 5.40. The van der Waals surface area contributed by atoms with Crippen LogP contribution in [0.3, 0.4) is 0 Å². The van der Waals surface area contributed by atoms with Crippen molar-refractivity contribution in [3.63, 3.8) is 0 Å². The standard InChI is InChI=1S/C14H14OP/c1-16(2)13-9-5-3-7-11(13)15-12-8-4-6-10-14(12)16/h3-10H,1-2H3/q+1. The molecule has 0 aliphatic carbocycles. The van der Waals surface area contributed by atoms with E-state index >= 15 is 0 Å². The second kappa shape index (κ2) is 3.33.